The number of benzene rings is 2. The summed E-state index contributed by atoms with van der Waals surface area (Å²) in [5.41, 5.74) is 2.94. The molecule has 156 valence electrons. The second kappa shape index (κ2) is 7.81. The van der Waals surface area contributed by atoms with Crippen LogP contribution in [0.2, 0.25) is 10.0 Å². The van der Waals surface area contributed by atoms with Crippen molar-refractivity contribution in [2.75, 3.05) is 13.1 Å². The number of β-amino-alcohol motifs (C(OH)–C–C–N with tert-alkyl or cyclic N) is 1. The Hall–Kier alpha value is -2.19. The maximum atomic E-state index is 10.0. The van der Waals surface area contributed by atoms with Gasteiger partial charge in [0, 0.05) is 28.7 Å². The third-order valence-corrected chi connectivity index (χ3v) is 6.45. The van der Waals surface area contributed by atoms with E-state index in [9.17, 15) is 5.11 Å². The number of aliphatic hydroxyl groups is 1. The van der Waals surface area contributed by atoms with Gasteiger partial charge in [-0.3, -0.25) is 4.90 Å². The third-order valence-electron chi connectivity index (χ3n) is 5.90. The standard InChI is InChI=1S/C21H21Cl2N5O2/c1-12-24-25-26-28(12)14-2-4-16(5-3-14)30-21-18-8-13(22)9-19(23)17(18)10-20(21)27-7-6-15(29)11-27/h2-5,8-9,15,20-21,29H,6-7,10-11H2,1H3/t15-,20+,21+/m1/s1. The smallest absolute Gasteiger partial charge is 0.153 e. The zero-order valence-electron chi connectivity index (χ0n) is 16.4. The Morgan fingerprint density at radius 3 is 2.63 bits per heavy atom. The molecule has 0 unspecified atom stereocenters. The van der Waals surface area contributed by atoms with Crippen LogP contribution < -0.4 is 4.74 Å². The molecule has 7 nitrogen and oxygen atoms in total. The highest BCUT2D eigenvalue weighted by Crippen LogP contribution is 2.43. The second-order valence-corrected chi connectivity index (χ2v) is 8.68. The number of rotatable bonds is 4. The predicted molar refractivity (Wildman–Crippen MR) is 113 cm³/mol. The Morgan fingerprint density at radius 2 is 1.97 bits per heavy atom. The number of tetrazole rings is 1. The van der Waals surface area contributed by atoms with Crippen LogP contribution in [0.15, 0.2) is 36.4 Å². The number of nitrogens with zero attached hydrogens (tertiary/aromatic N) is 5. The molecular formula is C21H21Cl2N5O2. The van der Waals surface area contributed by atoms with E-state index in [0.717, 1.165) is 42.0 Å². The van der Waals surface area contributed by atoms with Gasteiger partial charge in [-0.05, 0) is 72.2 Å². The molecule has 1 saturated heterocycles. The van der Waals surface area contributed by atoms with Crippen LogP contribution in [0.1, 0.15) is 29.5 Å². The normalized spacial score (nSPS) is 23.7. The lowest BCUT2D eigenvalue weighted by Gasteiger charge is -2.30. The van der Waals surface area contributed by atoms with Crippen molar-refractivity contribution >= 4 is 23.2 Å². The van der Waals surface area contributed by atoms with Gasteiger partial charge in [-0.25, -0.2) is 0 Å². The zero-order valence-corrected chi connectivity index (χ0v) is 17.9. The van der Waals surface area contributed by atoms with E-state index in [1.165, 1.54) is 0 Å². The first kappa shape index (κ1) is 19.8. The molecule has 3 aromatic rings. The summed E-state index contributed by atoms with van der Waals surface area (Å²) < 4.78 is 8.14. The lowest BCUT2D eigenvalue weighted by atomic mass is 10.1. The minimum absolute atomic E-state index is 0.0922. The van der Waals surface area contributed by atoms with E-state index in [4.69, 9.17) is 27.9 Å². The second-order valence-electron chi connectivity index (χ2n) is 7.83. The Bertz CT molecular complexity index is 1070. The van der Waals surface area contributed by atoms with Crippen molar-refractivity contribution in [3.63, 3.8) is 0 Å². The quantitative estimate of drug-likeness (QED) is 0.662. The summed E-state index contributed by atoms with van der Waals surface area (Å²) in [6.07, 6.45) is 1.02. The van der Waals surface area contributed by atoms with Gasteiger partial charge in [-0.1, -0.05) is 23.2 Å². The van der Waals surface area contributed by atoms with Crippen LogP contribution in [0.5, 0.6) is 5.75 Å². The Morgan fingerprint density at radius 1 is 1.17 bits per heavy atom. The van der Waals surface area contributed by atoms with E-state index in [1.807, 2.05) is 37.3 Å². The van der Waals surface area contributed by atoms with E-state index in [1.54, 1.807) is 10.7 Å². The number of fused-ring (bicyclic) bond motifs is 1. The van der Waals surface area contributed by atoms with E-state index in [2.05, 4.69) is 20.4 Å². The van der Waals surface area contributed by atoms with E-state index in [0.29, 0.717) is 22.4 Å². The Kier molecular flexibility index (Phi) is 5.14. The molecule has 2 aromatic carbocycles. The predicted octanol–water partition coefficient (Wildman–Crippen LogP) is 3.39. The summed E-state index contributed by atoms with van der Waals surface area (Å²) in [6, 6.07) is 11.5. The fraction of sp³-hybridized carbons (Fsp3) is 0.381. The fourth-order valence-electron chi connectivity index (χ4n) is 4.43. The minimum atomic E-state index is -0.299. The molecule has 1 fully saturated rings. The highest BCUT2D eigenvalue weighted by molar-refractivity contribution is 6.35. The largest absolute Gasteiger partial charge is 0.484 e. The maximum Gasteiger partial charge on any atom is 0.153 e. The van der Waals surface area contributed by atoms with Crippen molar-refractivity contribution in [3.05, 3.63) is 63.4 Å². The molecular weight excluding hydrogens is 425 g/mol. The van der Waals surface area contributed by atoms with E-state index < -0.39 is 0 Å². The van der Waals surface area contributed by atoms with Crippen molar-refractivity contribution in [1.82, 2.24) is 25.1 Å². The molecule has 1 N–H and O–H groups in total. The summed E-state index contributed by atoms with van der Waals surface area (Å²) in [5.74, 6) is 1.45. The fourth-order valence-corrected chi connectivity index (χ4v) is 5.02. The lowest BCUT2D eigenvalue weighted by molar-refractivity contribution is 0.0818. The average molecular weight is 446 g/mol. The molecule has 1 aromatic heterocycles. The highest BCUT2D eigenvalue weighted by atomic mass is 35.5. The summed E-state index contributed by atoms with van der Waals surface area (Å²) in [7, 11) is 0. The van der Waals surface area contributed by atoms with Crippen molar-refractivity contribution in [3.8, 4) is 11.4 Å². The Balaban J connectivity index is 1.45. The maximum absolute atomic E-state index is 10.0. The highest BCUT2D eigenvalue weighted by Gasteiger charge is 2.41. The van der Waals surface area contributed by atoms with Gasteiger partial charge in [0.25, 0.3) is 0 Å². The summed E-state index contributed by atoms with van der Waals surface area (Å²) in [5, 5.41) is 22.9. The summed E-state index contributed by atoms with van der Waals surface area (Å²) in [6.45, 7) is 3.33. The van der Waals surface area contributed by atoms with Gasteiger partial charge in [0.1, 0.15) is 11.9 Å². The lowest BCUT2D eigenvalue weighted by Crippen LogP contribution is -2.39. The monoisotopic (exact) mass is 445 g/mol. The summed E-state index contributed by atoms with van der Waals surface area (Å²) >= 11 is 12.8. The molecule has 1 aliphatic carbocycles. The first-order valence-electron chi connectivity index (χ1n) is 9.91. The van der Waals surface area contributed by atoms with Crippen molar-refractivity contribution < 1.29 is 9.84 Å². The van der Waals surface area contributed by atoms with E-state index >= 15 is 0 Å². The molecule has 0 spiro atoms. The van der Waals surface area contributed by atoms with Gasteiger partial charge < -0.3 is 9.84 Å². The molecule has 2 heterocycles. The molecule has 5 rings (SSSR count). The van der Waals surface area contributed by atoms with Crippen LogP contribution in [0.25, 0.3) is 5.69 Å². The average Bonchev–Trinajstić information content (AvgIpc) is 3.42. The SMILES string of the molecule is Cc1nnnn1-c1ccc(O[C@H]2c3cc(Cl)cc(Cl)c3C[C@@H]2N2CC[C@@H](O)C2)cc1. The molecule has 0 bridgehead atoms. The van der Waals surface area contributed by atoms with Crippen molar-refractivity contribution in [1.29, 1.82) is 0 Å². The van der Waals surface area contributed by atoms with Gasteiger partial charge in [0.2, 0.25) is 0 Å². The van der Waals surface area contributed by atoms with Crippen LogP contribution in [-0.4, -0.2) is 55.4 Å². The van der Waals surface area contributed by atoms with Crippen LogP contribution in [0.4, 0.5) is 0 Å². The first-order chi connectivity index (χ1) is 14.5. The van der Waals surface area contributed by atoms with Crippen LogP contribution >= 0.6 is 23.2 Å². The zero-order chi connectivity index (χ0) is 20.8. The van der Waals surface area contributed by atoms with Gasteiger partial charge >= 0.3 is 0 Å². The molecule has 0 saturated carbocycles. The summed E-state index contributed by atoms with van der Waals surface area (Å²) in [4.78, 5) is 2.29. The number of aromatic nitrogens is 4. The number of halogens is 2. The molecule has 30 heavy (non-hydrogen) atoms. The molecule has 2 aliphatic rings. The first-order valence-corrected chi connectivity index (χ1v) is 10.7. The van der Waals surface area contributed by atoms with Gasteiger partial charge in [-0.15, -0.1) is 5.10 Å². The number of ether oxygens (including phenoxy) is 1. The van der Waals surface area contributed by atoms with Crippen LogP contribution in [-0.2, 0) is 6.42 Å². The molecule has 1 aliphatic heterocycles. The molecule has 3 atom stereocenters. The number of aryl methyl sites for hydroxylation is 1. The topological polar surface area (TPSA) is 76.3 Å². The van der Waals surface area contributed by atoms with Crippen molar-refractivity contribution in [2.24, 2.45) is 0 Å². The van der Waals surface area contributed by atoms with Crippen LogP contribution in [0.3, 0.4) is 0 Å². The Labute approximate surface area is 184 Å². The van der Waals surface area contributed by atoms with Crippen molar-refractivity contribution in [2.45, 2.75) is 38.0 Å². The number of hydrogen-bond donors (Lipinski definition) is 1. The number of hydrogen-bond acceptors (Lipinski definition) is 6. The number of aliphatic hydroxyl groups excluding tert-OH is 1. The van der Waals surface area contributed by atoms with E-state index in [-0.39, 0.29) is 18.2 Å². The minimum Gasteiger partial charge on any atom is -0.484 e. The third kappa shape index (κ3) is 3.56. The van der Waals surface area contributed by atoms with Gasteiger partial charge in [0.15, 0.2) is 5.82 Å². The van der Waals surface area contributed by atoms with Gasteiger partial charge in [-0.2, -0.15) is 4.68 Å². The molecule has 0 amide bonds. The van der Waals surface area contributed by atoms with Crippen LogP contribution in [0, 0.1) is 6.92 Å². The molecule has 9 heteroatoms. The molecule has 0 radical (unpaired) electrons. The van der Waals surface area contributed by atoms with Gasteiger partial charge in [0.05, 0.1) is 17.8 Å². The number of likely N-dealkylation sites (tertiary alicyclic amines) is 1.